The second kappa shape index (κ2) is 8.39. The number of amides is 2. The highest BCUT2D eigenvalue weighted by atomic mass is 16.5. The number of methoxy groups -OCH3 is 1. The van der Waals surface area contributed by atoms with E-state index in [1.165, 1.54) is 17.2 Å². The highest BCUT2D eigenvalue weighted by Crippen LogP contribution is 2.42. The van der Waals surface area contributed by atoms with Crippen LogP contribution in [0.15, 0.2) is 65.8 Å². The molecule has 2 amide bonds. The second-order valence-corrected chi connectivity index (χ2v) is 7.33. The van der Waals surface area contributed by atoms with Gasteiger partial charge < -0.3 is 15.0 Å². The number of pyridine rings is 1. The van der Waals surface area contributed by atoms with Crippen molar-refractivity contribution in [3.8, 4) is 16.9 Å². The third kappa shape index (κ3) is 4.02. The predicted octanol–water partition coefficient (Wildman–Crippen LogP) is 3.48. The molecule has 7 heteroatoms. The molecule has 156 valence electrons. The summed E-state index contributed by atoms with van der Waals surface area (Å²) in [6.45, 7) is 0. The van der Waals surface area contributed by atoms with Crippen LogP contribution < -0.4 is 10.1 Å². The molecule has 0 spiro atoms. The van der Waals surface area contributed by atoms with E-state index in [1.54, 1.807) is 27.3 Å². The van der Waals surface area contributed by atoms with Gasteiger partial charge in [-0.25, -0.2) is 4.99 Å². The van der Waals surface area contributed by atoms with Crippen molar-refractivity contribution in [3.05, 3.63) is 77.6 Å². The lowest BCUT2D eigenvalue weighted by Gasteiger charge is -2.10. The first-order chi connectivity index (χ1) is 15.0. The minimum Gasteiger partial charge on any atom is -0.496 e. The Hall–Kier alpha value is -4.00. The molecule has 0 saturated heterocycles. The first-order valence-corrected chi connectivity index (χ1v) is 9.80. The van der Waals surface area contributed by atoms with Gasteiger partial charge in [0.05, 0.1) is 18.4 Å². The summed E-state index contributed by atoms with van der Waals surface area (Å²) in [6, 6.07) is 17.0. The van der Waals surface area contributed by atoms with Crippen molar-refractivity contribution in [1.29, 1.82) is 0 Å². The van der Waals surface area contributed by atoms with Gasteiger partial charge in [0.2, 0.25) is 0 Å². The van der Waals surface area contributed by atoms with Crippen LogP contribution in [-0.2, 0) is 6.42 Å². The maximum absolute atomic E-state index is 12.7. The number of amidine groups is 1. The molecule has 1 N–H and O–H groups in total. The van der Waals surface area contributed by atoms with Crippen LogP contribution in [0, 0.1) is 0 Å². The topological polar surface area (TPSA) is 83.9 Å². The van der Waals surface area contributed by atoms with E-state index in [-0.39, 0.29) is 17.5 Å². The van der Waals surface area contributed by atoms with Crippen molar-refractivity contribution in [2.75, 3.05) is 21.2 Å². The number of rotatable bonds is 4. The number of hydrogen-bond acceptors (Lipinski definition) is 5. The zero-order chi connectivity index (χ0) is 22.0. The summed E-state index contributed by atoms with van der Waals surface area (Å²) in [5.41, 5.74) is 4.37. The molecular weight excluding hydrogens is 392 g/mol. The van der Waals surface area contributed by atoms with Crippen molar-refractivity contribution in [2.45, 2.75) is 6.42 Å². The summed E-state index contributed by atoms with van der Waals surface area (Å²) < 4.78 is 5.51. The zero-order valence-corrected chi connectivity index (χ0v) is 17.5. The first-order valence-electron chi connectivity index (χ1n) is 9.80. The van der Waals surface area contributed by atoms with Crippen LogP contribution in [0.2, 0.25) is 0 Å². The van der Waals surface area contributed by atoms with Crippen LogP contribution in [0.3, 0.4) is 0 Å². The molecular formula is C24H22N4O3. The summed E-state index contributed by atoms with van der Waals surface area (Å²) in [6.07, 6.45) is 1.85. The second-order valence-electron chi connectivity index (χ2n) is 7.33. The summed E-state index contributed by atoms with van der Waals surface area (Å²) in [5.74, 6) is 0.704. The molecule has 2 aromatic carbocycles. The lowest BCUT2D eigenvalue weighted by atomic mass is 9.99. The van der Waals surface area contributed by atoms with E-state index in [1.807, 2.05) is 42.5 Å². The Morgan fingerprint density at radius 1 is 1.03 bits per heavy atom. The number of nitrogens with one attached hydrogen (secondary N) is 1. The highest BCUT2D eigenvalue weighted by molar-refractivity contribution is 6.09. The molecule has 3 aromatic rings. The van der Waals surface area contributed by atoms with E-state index >= 15 is 0 Å². The standard InChI is InChI=1S/C24H22N4O3/c1-28(2)24(30)16-9-11-19(25-14-16)23(29)27-21-13-18-20(31-3)12-10-17(22(18)26-21)15-7-5-4-6-8-15/h4-12,14H,13H2,1-3H3,(H,26,27,29). The fourth-order valence-corrected chi connectivity index (χ4v) is 3.48. The van der Waals surface area contributed by atoms with Crippen LogP contribution >= 0.6 is 0 Å². The number of aliphatic imine (C=N–C) groups is 1. The Morgan fingerprint density at radius 3 is 2.45 bits per heavy atom. The van der Waals surface area contributed by atoms with E-state index < -0.39 is 0 Å². The lowest BCUT2D eigenvalue weighted by Crippen LogP contribution is -2.31. The molecule has 1 aromatic heterocycles. The van der Waals surface area contributed by atoms with Crippen LogP contribution in [-0.4, -0.2) is 48.7 Å². The fourth-order valence-electron chi connectivity index (χ4n) is 3.48. The van der Waals surface area contributed by atoms with Gasteiger partial charge in [0, 0.05) is 37.8 Å². The molecule has 0 atom stereocenters. The molecule has 0 aliphatic carbocycles. The maximum atomic E-state index is 12.7. The Balaban J connectivity index is 1.58. The Labute approximate surface area is 180 Å². The Kier molecular flexibility index (Phi) is 5.49. The number of ether oxygens (including phenoxy) is 1. The van der Waals surface area contributed by atoms with Crippen molar-refractivity contribution < 1.29 is 14.3 Å². The molecule has 0 bridgehead atoms. The van der Waals surface area contributed by atoms with E-state index in [9.17, 15) is 9.59 Å². The van der Waals surface area contributed by atoms with Gasteiger partial charge in [-0.15, -0.1) is 0 Å². The number of fused-ring (bicyclic) bond motifs is 1. The summed E-state index contributed by atoms with van der Waals surface area (Å²) >= 11 is 0. The highest BCUT2D eigenvalue weighted by Gasteiger charge is 2.24. The van der Waals surface area contributed by atoms with Gasteiger partial charge in [0.1, 0.15) is 17.3 Å². The average molecular weight is 414 g/mol. The normalized spacial score (nSPS) is 12.0. The monoisotopic (exact) mass is 414 g/mol. The number of hydrogen-bond donors (Lipinski definition) is 1. The summed E-state index contributed by atoms with van der Waals surface area (Å²) in [7, 11) is 4.95. The SMILES string of the molecule is COc1ccc(-c2ccccc2)c2c1CC(NC(=O)c1ccc(C(=O)N(C)C)cn1)=N2. The van der Waals surface area contributed by atoms with Crippen molar-refractivity contribution in [1.82, 2.24) is 15.2 Å². The van der Waals surface area contributed by atoms with Gasteiger partial charge in [-0.1, -0.05) is 30.3 Å². The van der Waals surface area contributed by atoms with Gasteiger partial charge in [0.25, 0.3) is 11.8 Å². The molecule has 1 aliphatic rings. The largest absolute Gasteiger partial charge is 0.496 e. The van der Waals surface area contributed by atoms with Gasteiger partial charge in [-0.05, 0) is 29.8 Å². The Morgan fingerprint density at radius 2 is 1.81 bits per heavy atom. The summed E-state index contributed by atoms with van der Waals surface area (Å²) in [4.78, 5) is 35.0. The fraction of sp³-hybridized carbons (Fsp3) is 0.167. The van der Waals surface area contributed by atoms with E-state index in [4.69, 9.17) is 4.74 Å². The molecule has 31 heavy (non-hydrogen) atoms. The molecule has 2 heterocycles. The number of benzene rings is 2. The smallest absolute Gasteiger partial charge is 0.275 e. The Bertz CT molecular complexity index is 1170. The lowest BCUT2D eigenvalue weighted by molar-refractivity contribution is 0.0826. The summed E-state index contributed by atoms with van der Waals surface area (Å²) in [5, 5.41) is 2.84. The molecule has 4 rings (SSSR count). The van der Waals surface area contributed by atoms with Crippen LogP contribution in [0.25, 0.3) is 11.1 Å². The number of aromatic nitrogens is 1. The van der Waals surface area contributed by atoms with Gasteiger partial charge in [-0.2, -0.15) is 0 Å². The molecule has 0 fully saturated rings. The molecule has 7 nitrogen and oxygen atoms in total. The zero-order valence-electron chi connectivity index (χ0n) is 17.5. The number of nitrogens with zero attached hydrogens (tertiary/aromatic N) is 3. The van der Waals surface area contributed by atoms with Crippen molar-refractivity contribution in [3.63, 3.8) is 0 Å². The van der Waals surface area contributed by atoms with E-state index in [0.29, 0.717) is 17.8 Å². The van der Waals surface area contributed by atoms with Crippen LogP contribution in [0.5, 0.6) is 5.75 Å². The minimum atomic E-state index is -0.379. The maximum Gasteiger partial charge on any atom is 0.275 e. The van der Waals surface area contributed by atoms with Gasteiger partial charge in [-0.3, -0.25) is 14.6 Å². The van der Waals surface area contributed by atoms with E-state index in [2.05, 4.69) is 15.3 Å². The van der Waals surface area contributed by atoms with E-state index in [0.717, 1.165) is 28.1 Å². The molecule has 0 unspecified atom stereocenters. The van der Waals surface area contributed by atoms with Crippen LogP contribution in [0.4, 0.5) is 5.69 Å². The van der Waals surface area contributed by atoms with Crippen molar-refractivity contribution >= 4 is 23.3 Å². The molecule has 0 radical (unpaired) electrons. The first kappa shape index (κ1) is 20.3. The quantitative estimate of drug-likeness (QED) is 0.709. The predicted molar refractivity (Wildman–Crippen MR) is 119 cm³/mol. The minimum absolute atomic E-state index is 0.171. The molecule has 1 aliphatic heterocycles. The van der Waals surface area contributed by atoms with Crippen LogP contribution in [0.1, 0.15) is 26.4 Å². The number of carbonyl (C=O) groups is 2. The molecule has 0 saturated carbocycles. The third-order valence-corrected chi connectivity index (χ3v) is 5.04. The van der Waals surface area contributed by atoms with Gasteiger partial charge >= 0.3 is 0 Å². The average Bonchev–Trinajstić information content (AvgIpc) is 3.22. The van der Waals surface area contributed by atoms with Gasteiger partial charge in [0.15, 0.2) is 0 Å². The van der Waals surface area contributed by atoms with Crippen molar-refractivity contribution in [2.24, 2.45) is 4.99 Å². The third-order valence-electron chi connectivity index (χ3n) is 5.04. The number of carbonyl (C=O) groups excluding carboxylic acids is 2.